The molecule has 0 aliphatic rings. The molecule has 0 aromatic heterocycles. The zero-order valence-corrected chi connectivity index (χ0v) is 10.1. The first-order valence-corrected chi connectivity index (χ1v) is 5.30. The van der Waals surface area contributed by atoms with Crippen LogP contribution in [0.4, 0.5) is 0 Å². The van der Waals surface area contributed by atoms with Crippen LogP contribution >= 0.6 is 0 Å². The predicted octanol–water partition coefficient (Wildman–Crippen LogP) is 3.73. The summed E-state index contributed by atoms with van der Waals surface area (Å²) in [7, 11) is 0. The SMILES string of the molecule is C=CCc1c(C)ccc(C(C)(C)C)c1O. The number of aromatic hydroxyl groups is 1. The van der Waals surface area contributed by atoms with E-state index < -0.39 is 0 Å². The Bertz CT molecular complexity index is 370. The normalized spacial score (nSPS) is 11.5. The van der Waals surface area contributed by atoms with Gasteiger partial charge in [0.15, 0.2) is 0 Å². The molecule has 1 heteroatoms. The predicted molar refractivity (Wildman–Crippen MR) is 65.4 cm³/mol. The van der Waals surface area contributed by atoms with Crippen LogP contribution in [0.25, 0.3) is 0 Å². The number of benzene rings is 1. The van der Waals surface area contributed by atoms with Crippen LogP contribution in [0, 0.1) is 6.92 Å². The lowest BCUT2D eigenvalue weighted by atomic mass is 9.84. The van der Waals surface area contributed by atoms with Gasteiger partial charge in [-0.2, -0.15) is 0 Å². The summed E-state index contributed by atoms with van der Waals surface area (Å²) in [5.41, 5.74) is 3.11. The summed E-state index contributed by atoms with van der Waals surface area (Å²) >= 11 is 0. The van der Waals surface area contributed by atoms with Gasteiger partial charge in [0.25, 0.3) is 0 Å². The smallest absolute Gasteiger partial charge is 0.123 e. The summed E-state index contributed by atoms with van der Waals surface area (Å²) in [4.78, 5) is 0. The van der Waals surface area contributed by atoms with E-state index in [1.165, 1.54) is 0 Å². The maximum Gasteiger partial charge on any atom is 0.123 e. The fourth-order valence-electron chi connectivity index (χ4n) is 1.74. The average Bonchev–Trinajstić information content (AvgIpc) is 2.09. The van der Waals surface area contributed by atoms with Crippen molar-refractivity contribution in [2.45, 2.75) is 39.5 Å². The highest BCUT2D eigenvalue weighted by Gasteiger charge is 2.20. The van der Waals surface area contributed by atoms with Crippen molar-refractivity contribution in [3.05, 3.63) is 41.5 Å². The fourth-order valence-corrected chi connectivity index (χ4v) is 1.74. The Morgan fingerprint density at radius 3 is 2.40 bits per heavy atom. The van der Waals surface area contributed by atoms with Crippen LogP contribution in [0.2, 0.25) is 0 Å². The molecule has 0 atom stereocenters. The summed E-state index contributed by atoms with van der Waals surface area (Å²) in [5, 5.41) is 10.2. The van der Waals surface area contributed by atoms with E-state index in [0.717, 1.165) is 23.1 Å². The Kier molecular flexibility index (Phi) is 3.23. The van der Waals surface area contributed by atoms with Gasteiger partial charge in [0.05, 0.1) is 0 Å². The van der Waals surface area contributed by atoms with Crippen LogP contribution in [0.15, 0.2) is 24.8 Å². The van der Waals surface area contributed by atoms with Gasteiger partial charge in [-0.1, -0.05) is 39.0 Å². The number of allylic oxidation sites excluding steroid dienone is 1. The van der Waals surface area contributed by atoms with Crippen molar-refractivity contribution in [1.29, 1.82) is 0 Å². The molecular formula is C14H20O. The third-order valence-corrected chi connectivity index (χ3v) is 2.67. The molecule has 1 N–H and O–H groups in total. The molecule has 0 spiro atoms. The van der Waals surface area contributed by atoms with Gasteiger partial charge in [0.1, 0.15) is 5.75 Å². The van der Waals surface area contributed by atoms with E-state index in [1.54, 1.807) is 0 Å². The zero-order chi connectivity index (χ0) is 11.6. The van der Waals surface area contributed by atoms with Gasteiger partial charge in [-0.05, 0) is 29.9 Å². The number of hydrogen-bond acceptors (Lipinski definition) is 1. The van der Waals surface area contributed by atoms with Crippen LogP contribution in [0.1, 0.15) is 37.5 Å². The highest BCUT2D eigenvalue weighted by molar-refractivity contribution is 5.48. The molecular weight excluding hydrogens is 184 g/mol. The van der Waals surface area contributed by atoms with Gasteiger partial charge in [0, 0.05) is 5.56 Å². The van der Waals surface area contributed by atoms with Crippen molar-refractivity contribution in [3.63, 3.8) is 0 Å². The van der Waals surface area contributed by atoms with Crippen molar-refractivity contribution < 1.29 is 5.11 Å². The zero-order valence-electron chi connectivity index (χ0n) is 10.1. The summed E-state index contributed by atoms with van der Waals surface area (Å²) in [6.45, 7) is 12.1. The van der Waals surface area contributed by atoms with Crippen LogP contribution in [-0.4, -0.2) is 5.11 Å². The number of phenolic OH excluding ortho intramolecular Hbond substituents is 1. The minimum absolute atomic E-state index is 0.0201. The van der Waals surface area contributed by atoms with Gasteiger partial charge >= 0.3 is 0 Å². The molecule has 1 aromatic carbocycles. The Hall–Kier alpha value is -1.24. The largest absolute Gasteiger partial charge is 0.507 e. The lowest BCUT2D eigenvalue weighted by Crippen LogP contribution is -2.12. The standard InChI is InChI=1S/C14H20O/c1-6-7-11-10(2)8-9-12(13(11)15)14(3,4)5/h6,8-9,15H,1,7H2,2-5H3. The first-order valence-electron chi connectivity index (χ1n) is 5.30. The summed E-state index contributed by atoms with van der Waals surface area (Å²) in [6, 6.07) is 4.08. The van der Waals surface area contributed by atoms with E-state index in [0.29, 0.717) is 5.75 Å². The molecule has 1 rings (SSSR count). The highest BCUT2D eigenvalue weighted by atomic mass is 16.3. The van der Waals surface area contributed by atoms with Crippen molar-refractivity contribution >= 4 is 0 Å². The quantitative estimate of drug-likeness (QED) is 0.728. The summed E-state index contributed by atoms with van der Waals surface area (Å²) in [5.74, 6) is 0.433. The molecule has 0 amide bonds. The molecule has 0 heterocycles. The maximum atomic E-state index is 10.2. The minimum atomic E-state index is -0.0201. The highest BCUT2D eigenvalue weighted by Crippen LogP contribution is 2.34. The fraction of sp³-hybridized carbons (Fsp3) is 0.429. The number of hydrogen-bond donors (Lipinski definition) is 1. The second-order valence-corrected chi connectivity index (χ2v) is 5.00. The van der Waals surface area contributed by atoms with E-state index in [4.69, 9.17) is 0 Å². The van der Waals surface area contributed by atoms with E-state index >= 15 is 0 Å². The summed E-state index contributed by atoms with van der Waals surface area (Å²) < 4.78 is 0. The average molecular weight is 204 g/mol. The lowest BCUT2D eigenvalue weighted by Gasteiger charge is -2.22. The van der Waals surface area contributed by atoms with Gasteiger partial charge < -0.3 is 5.11 Å². The third kappa shape index (κ3) is 2.41. The molecule has 0 saturated carbocycles. The van der Waals surface area contributed by atoms with Gasteiger partial charge in [0.2, 0.25) is 0 Å². The second-order valence-electron chi connectivity index (χ2n) is 5.00. The first-order chi connectivity index (χ1) is 6.88. The topological polar surface area (TPSA) is 20.2 Å². The second kappa shape index (κ2) is 4.09. The molecule has 0 fully saturated rings. The van der Waals surface area contributed by atoms with E-state index in [-0.39, 0.29) is 5.41 Å². The molecule has 0 bridgehead atoms. The van der Waals surface area contributed by atoms with Crippen molar-refractivity contribution in [2.24, 2.45) is 0 Å². The molecule has 0 saturated heterocycles. The van der Waals surface area contributed by atoms with Crippen LogP contribution in [0.3, 0.4) is 0 Å². The monoisotopic (exact) mass is 204 g/mol. The van der Waals surface area contributed by atoms with Crippen molar-refractivity contribution in [1.82, 2.24) is 0 Å². The Balaban J connectivity index is 3.34. The minimum Gasteiger partial charge on any atom is -0.507 e. The number of phenols is 1. The molecule has 0 unspecified atom stereocenters. The molecule has 0 aliphatic carbocycles. The molecule has 0 aliphatic heterocycles. The van der Waals surface area contributed by atoms with Crippen LogP contribution < -0.4 is 0 Å². The number of aryl methyl sites for hydroxylation is 1. The van der Waals surface area contributed by atoms with E-state index in [9.17, 15) is 5.11 Å². The van der Waals surface area contributed by atoms with Gasteiger partial charge in [-0.25, -0.2) is 0 Å². The lowest BCUT2D eigenvalue weighted by molar-refractivity contribution is 0.441. The number of rotatable bonds is 2. The van der Waals surface area contributed by atoms with E-state index in [1.807, 2.05) is 19.1 Å². The van der Waals surface area contributed by atoms with Gasteiger partial charge in [-0.3, -0.25) is 0 Å². The first kappa shape index (κ1) is 11.8. The third-order valence-electron chi connectivity index (χ3n) is 2.67. The Labute approximate surface area is 92.5 Å². The maximum absolute atomic E-state index is 10.2. The van der Waals surface area contributed by atoms with Crippen molar-refractivity contribution in [3.8, 4) is 5.75 Å². The van der Waals surface area contributed by atoms with E-state index in [2.05, 4.69) is 33.4 Å². The molecule has 0 radical (unpaired) electrons. The van der Waals surface area contributed by atoms with Crippen LogP contribution in [0.5, 0.6) is 5.75 Å². The Morgan fingerprint density at radius 2 is 1.93 bits per heavy atom. The van der Waals surface area contributed by atoms with Crippen molar-refractivity contribution in [2.75, 3.05) is 0 Å². The summed E-state index contributed by atoms with van der Waals surface area (Å²) in [6.07, 6.45) is 2.55. The molecule has 15 heavy (non-hydrogen) atoms. The molecule has 1 nitrogen and oxygen atoms in total. The Morgan fingerprint density at radius 1 is 1.33 bits per heavy atom. The molecule has 82 valence electrons. The van der Waals surface area contributed by atoms with Crippen LogP contribution in [-0.2, 0) is 11.8 Å². The molecule has 1 aromatic rings. The van der Waals surface area contributed by atoms with Gasteiger partial charge in [-0.15, -0.1) is 6.58 Å².